The lowest BCUT2D eigenvalue weighted by Gasteiger charge is -1.89. The van der Waals surface area contributed by atoms with Gasteiger partial charge in [-0.05, 0) is 0 Å². The predicted molar refractivity (Wildman–Crippen MR) is 38.6 cm³/mol. The van der Waals surface area contributed by atoms with Crippen molar-refractivity contribution >= 4 is 5.96 Å². The summed E-state index contributed by atoms with van der Waals surface area (Å²) in [5.41, 5.74) is 10.2. The molecule has 0 aromatic carbocycles. The first-order chi connectivity index (χ1) is 5.29. The first-order valence-corrected chi connectivity index (χ1v) is 3.07. The van der Waals surface area contributed by atoms with Crippen molar-refractivity contribution in [2.75, 3.05) is 6.54 Å². The molecule has 60 valence electrons. The molecule has 1 rings (SSSR count). The number of rotatable bonds is 3. The Morgan fingerprint density at radius 2 is 2.36 bits per heavy atom. The van der Waals surface area contributed by atoms with E-state index in [0.29, 0.717) is 18.8 Å². The third kappa shape index (κ3) is 2.61. The fourth-order valence-electron chi connectivity index (χ4n) is 0.573. The van der Waals surface area contributed by atoms with Crippen LogP contribution in [0.15, 0.2) is 4.99 Å². The Morgan fingerprint density at radius 3 is 2.91 bits per heavy atom. The maximum absolute atomic E-state index is 5.10. The smallest absolute Gasteiger partial charge is 0.185 e. The van der Waals surface area contributed by atoms with Crippen molar-refractivity contribution in [3.8, 4) is 0 Å². The van der Waals surface area contributed by atoms with Crippen molar-refractivity contribution in [1.29, 1.82) is 0 Å². The zero-order valence-corrected chi connectivity index (χ0v) is 5.86. The van der Waals surface area contributed by atoms with E-state index in [4.69, 9.17) is 11.5 Å². The van der Waals surface area contributed by atoms with Crippen LogP contribution in [0.1, 0.15) is 5.82 Å². The zero-order chi connectivity index (χ0) is 8.10. The fraction of sp³-hybridized carbons (Fsp3) is 0.500. The largest absolute Gasteiger partial charge is 0.370 e. The molecule has 0 saturated heterocycles. The lowest BCUT2D eigenvalue weighted by atomic mass is 10.4. The van der Waals surface area contributed by atoms with Crippen molar-refractivity contribution in [2.24, 2.45) is 16.5 Å². The van der Waals surface area contributed by atoms with Gasteiger partial charge < -0.3 is 11.5 Å². The highest BCUT2D eigenvalue weighted by Crippen LogP contribution is 1.84. The normalized spacial score (nSPS) is 9.45. The van der Waals surface area contributed by atoms with E-state index in [9.17, 15) is 0 Å². The van der Waals surface area contributed by atoms with Gasteiger partial charge in [0.2, 0.25) is 0 Å². The molecule has 1 heterocycles. The molecular weight excluding hydrogens is 146 g/mol. The lowest BCUT2D eigenvalue weighted by molar-refractivity contribution is 0.872. The Labute approximate surface area is 62.9 Å². The Hall–Kier alpha value is -1.66. The van der Waals surface area contributed by atoms with Crippen LogP contribution in [0.25, 0.3) is 0 Å². The van der Waals surface area contributed by atoms with Crippen LogP contribution in [0, 0.1) is 0 Å². The van der Waals surface area contributed by atoms with Crippen LogP contribution in [0.4, 0.5) is 0 Å². The monoisotopic (exact) mass is 155 g/mol. The Kier molecular flexibility index (Phi) is 2.37. The molecule has 0 saturated carbocycles. The van der Waals surface area contributed by atoms with E-state index in [1.54, 1.807) is 0 Å². The lowest BCUT2D eigenvalue weighted by Crippen LogP contribution is -2.23. The summed E-state index contributed by atoms with van der Waals surface area (Å²) in [6.45, 7) is 0.488. The van der Waals surface area contributed by atoms with E-state index in [0.717, 1.165) is 0 Å². The summed E-state index contributed by atoms with van der Waals surface area (Å²) < 4.78 is 0. The molecule has 0 spiro atoms. The van der Waals surface area contributed by atoms with Gasteiger partial charge in [-0.3, -0.25) is 4.99 Å². The van der Waals surface area contributed by atoms with Crippen LogP contribution >= 0.6 is 0 Å². The summed E-state index contributed by atoms with van der Waals surface area (Å²) in [7, 11) is 0. The van der Waals surface area contributed by atoms with Gasteiger partial charge in [-0.2, -0.15) is 5.21 Å². The summed E-state index contributed by atoms with van der Waals surface area (Å²) in [4.78, 5) is 3.75. The average Bonchev–Trinajstić information content (AvgIpc) is 2.39. The molecule has 11 heavy (non-hydrogen) atoms. The van der Waals surface area contributed by atoms with Gasteiger partial charge in [0.1, 0.15) is 0 Å². The number of aliphatic imine (C=N–C) groups is 1. The molecule has 7 nitrogen and oxygen atoms in total. The summed E-state index contributed by atoms with van der Waals surface area (Å²) in [6, 6.07) is 0. The van der Waals surface area contributed by atoms with E-state index in [-0.39, 0.29) is 5.96 Å². The maximum Gasteiger partial charge on any atom is 0.185 e. The van der Waals surface area contributed by atoms with Crippen LogP contribution < -0.4 is 11.5 Å². The molecule has 1 aromatic heterocycles. The highest BCUT2D eigenvalue weighted by atomic mass is 15.5. The van der Waals surface area contributed by atoms with E-state index in [1.165, 1.54) is 0 Å². The third-order valence-electron chi connectivity index (χ3n) is 1.02. The minimum Gasteiger partial charge on any atom is -0.370 e. The van der Waals surface area contributed by atoms with Crippen LogP contribution in [-0.4, -0.2) is 33.1 Å². The van der Waals surface area contributed by atoms with E-state index in [1.807, 2.05) is 0 Å². The van der Waals surface area contributed by atoms with Gasteiger partial charge in [0.25, 0.3) is 0 Å². The Morgan fingerprint density at radius 1 is 1.55 bits per heavy atom. The molecule has 1 aromatic rings. The van der Waals surface area contributed by atoms with Crippen LogP contribution in [0.5, 0.6) is 0 Å². The minimum atomic E-state index is 0.0773. The number of nitrogens with one attached hydrogen (secondary N) is 1. The van der Waals surface area contributed by atoms with Crippen molar-refractivity contribution in [3.63, 3.8) is 0 Å². The topological polar surface area (TPSA) is 119 Å². The van der Waals surface area contributed by atoms with Crippen LogP contribution in [-0.2, 0) is 6.42 Å². The van der Waals surface area contributed by atoms with Gasteiger partial charge in [-0.1, -0.05) is 5.21 Å². The predicted octanol–water partition coefficient (Wildman–Crippen LogP) is -1.98. The average molecular weight is 155 g/mol. The van der Waals surface area contributed by atoms with Gasteiger partial charge in [0.15, 0.2) is 11.8 Å². The fourth-order valence-corrected chi connectivity index (χ4v) is 0.573. The second-order valence-electron chi connectivity index (χ2n) is 1.88. The highest BCUT2D eigenvalue weighted by Gasteiger charge is 1.94. The number of aromatic amines is 1. The molecule has 0 fully saturated rings. The van der Waals surface area contributed by atoms with Gasteiger partial charge in [-0.15, -0.1) is 10.2 Å². The number of nitrogens with two attached hydrogens (primary N) is 2. The summed E-state index contributed by atoms with van der Waals surface area (Å²) in [5, 5.41) is 13.1. The Bertz CT molecular complexity index is 221. The number of hydrogen-bond acceptors (Lipinski definition) is 4. The molecule has 5 N–H and O–H groups in total. The van der Waals surface area contributed by atoms with Gasteiger partial charge in [0.05, 0.1) is 0 Å². The molecule has 0 radical (unpaired) electrons. The number of guanidine groups is 1. The molecule has 0 amide bonds. The minimum absolute atomic E-state index is 0.0773. The molecular formula is C4H9N7. The molecule has 0 aliphatic heterocycles. The first kappa shape index (κ1) is 7.45. The molecule has 0 unspecified atom stereocenters. The number of tetrazole rings is 1. The van der Waals surface area contributed by atoms with Gasteiger partial charge >= 0.3 is 0 Å². The SMILES string of the molecule is NC(N)=NCCc1nn[nH]n1. The third-order valence-corrected chi connectivity index (χ3v) is 1.02. The van der Waals surface area contributed by atoms with Gasteiger partial charge in [-0.25, -0.2) is 0 Å². The van der Waals surface area contributed by atoms with Crippen molar-refractivity contribution in [2.45, 2.75) is 6.42 Å². The summed E-state index contributed by atoms with van der Waals surface area (Å²) in [5.74, 6) is 0.684. The highest BCUT2D eigenvalue weighted by molar-refractivity contribution is 5.75. The van der Waals surface area contributed by atoms with Crippen molar-refractivity contribution < 1.29 is 0 Å². The molecule has 7 heteroatoms. The number of aromatic nitrogens is 4. The second kappa shape index (κ2) is 3.49. The number of H-pyrrole nitrogens is 1. The van der Waals surface area contributed by atoms with Crippen molar-refractivity contribution in [3.05, 3.63) is 5.82 Å². The van der Waals surface area contributed by atoms with E-state index >= 15 is 0 Å². The maximum atomic E-state index is 5.10. The van der Waals surface area contributed by atoms with Crippen molar-refractivity contribution in [1.82, 2.24) is 20.6 Å². The molecule has 0 atom stereocenters. The summed E-state index contributed by atoms with van der Waals surface area (Å²) >= 11 is 0. The van der Waals surface area contributed by atoms with Crippen LogP contribution in [0.3, 0.4) is 0 Å². The van der Waals surface area contributed by atoms with Crippen LogP contribution in [0.2, 0.25) is 0 Å². The van der Waals surface area contributed by atoms with E-state index < -0.39 is 0 Å². The molecule has 0 aliphatic rings. The number of nitrogens with zero attached hydrogens (tertiary/aromatic N) is 4. The molecule has 0 aliphatic carbocycles. The standard InChI is InChI=1S/C4H9N7/c5-4(6)7-2-1-3-8-10-11-9-3/h1-2H2,(H4,5,6,7)(H,8,9,10,11). The second-order valence-corrected chi connectivity index (χ2v) is 1.88. The molecule has 0 bridgehead atoms. The number of hydrogen-bond donors (Lipinski definition) is 3. The quantitative estimate of drug-likeness (QED) is 0.345. The first-order valence-electron chi connectivity index (χ1n) is 3.07. The zero-order valence-electron chi connectivity index (χ0n) is 5.86. The summed E-state index contributed by atoms with van der Waals surface area (Å²) in [6.07, 6.45) is 0.592. The van der Waals surface area contributed by atoms with E-state index in [2.05, 4.69) is 25.6 Å². The van der Waals surface area contributed by atoms with Gasteiger partial charge in [0, 0.05) is 13.0 Å². The Balaban J connectivity index is 2.30.